The van der Waals surface area contributed by atoms with Crippen LogP contribution in [0.4, 0.5) is 0 Å². The number of carbonyl (C=O) groups is 1. The monoisotopic (exact) mass is 264 g/mol. The summed E-state index contributed by atoms with van der Waals surface area (Å²) in [6, 6.07) is 0. The van der Waals surface area contributed by atoms with E-state index < -0.39 is 11.9 Å². The Morgan fingerprint density at radius 2 is 2.44 bits per heavy atom. The van der Waals surface area contributed by atoms with Gasteiger partial charge in [-0.2, -0.15) is 0 Å². The maximum absolute atomic E-state index is 12.3. The first-order valence-corrected chi connectivity index (χ1v) is 6.68. The average molecular weight is 264 g/mol. The Hall–Kier alpha value is -1.69. The van der Waals surface area contributed by atoms with Crippen LogP contribution in [0.15, 0.2) is 11.1 Å². The number of hydrogen-bond donors (Lipinski definition) is 1. The highest BCUT2D eigenvalue weighted by molar-refractivity contribution is 7.18. The average Bonchev–Trinajstić information content (AvgIpc) is 2.87. The van der Waals surface area contributed by atoms with Crippen LogP contribution in [-0.2, 0) is 17.8 Å². The second kappa shape index (κ2) is 3.91. The van der Waals surface area contributed by atoms with E-state index in [9.17, 15) is 14.7 Å². The van der Waals surface area contributed by atoms with Crippen molar-refractivity contribution in [2.24, 2.45) is 0 Å². The normalized spacial score (nSPS) is 18.2. The largest absolute Gasteiger partial charge is 0.481 e. The zero-order valence-corrected chi connectivity index (χ0v) is 10.7. The fraction of sp³-hybridized carbons (Fsp3) is 0.417. The van der Waals surface area contributed by atoms with Crippen LogP contribution in [0.25, 0.3) is 10.2 Å². The quantitative estimate of drug-likeness (QED) is 0.894. The van der Waals surface area contributed by atoms with Gasteiger partial charge in [0.2, 0.25) is 0 Å². The van der Waals surface area contributed by atoms with Crippen molar-refractivity contribution >= 4 is 27.5 Å². The molecule has 0 aliphatic heterocycles. The van der Waals surface area contributed by atoms with Crippen molar-refractivity contribution in [1.82, 2.24) is 9.55 Å². The number of rotatable bonds is 2. The van der Waals surface area contributed by atoms with Crippen molar-refractivity contribution in [2.45, 2.75) is 32.2 Å². The summed E-state index contributed by atoms with van der Waals surface area (Å²) in [5.74, 6) is -1.39. The molecule has 2 heterocycles. The fourth-order valence-electron chi connectivity index (χ4n) is 2.54. The molecule has 2 aromatic rings. The number of fused-ring (bicyclic) bond motifs is 3. The predicted octanol–water partition coefficient (Wildman–Crippen LogP) is 1.59. The first-order valence-electron chi connectivity index (χ1n) is 5.87. The maximum Gasteiger partial charge on any atom is 0.311 e. The van der Waals surface area contributed by atoms with Gasteiger partial charge in [-0.25, -0.2) is 4.98 Å². The van der Waals surface area contributed by atoms with Crippen molar-refractivity contribution < 1.29 is 9.90 Å². The Balaban J connectivity index is 2.36. The summed E-state index contributed by atoms with van der Waals surface area (Å²) in [6.07, 6.45) is 2.86. The topological polar surface area (TPSA) is 72.2 Å². The summed E-state index contributed by atoms with van der Waals surface area (Å²) in [5, 5.41) is 9.75. The van der Waals surface area contributed by atoms with Gasteiger partial charge in [-0.15, -0.1) is 11.3 Å². The van der Waals surface area contributed by atoms with Gasteiger partial charge in [-0.1, -0.05) is 0 Å². The molecule has 0 spiro atoms. The van der Waals surface area contributed by atoms with Gasteiger partial charge in [0.25, 0.3) is 5.56 Å². The molecule has 1 aliphatic carbocycles. The lowest BCUT2D eigenvalue weighted by Gasteiger charge is -2.05. The van der Waals surface area contributed by atoms with Crippen molar-refractivity contribution in [3.63, 3.8) is 0 Å². The molecule has 0 saturated carbocycles. The summed E-state index contributed by atoms with van der Waals surface area (Å²) in [6.45, 7) is 2.42. The molecule has 0 amide bonds. The molecule has 18 heavy (non-hydrogen) atoms. The number of carboxylic acid groups (broad SMARTS) is 1. The second-order valence-corrected chi connectivity index (χ2v) is 5.47. The zero-order chi connectivity index (χ0) is 12.9. The van der Waals surface area contributed by atoms with E-state index in [0.717, 1.165) is 11.3 Å². The van der Waals surface area contributed by atoms with Crippen LogP contribution in [0.2, 0.25) is 0 Å². The van der Waals surface area contributed by atoms with Crippen molar-refractivity contribution in [2.75, 3.05) is 0 Å². The van der Waals surface area contributed by atoms with Crippen molar-refractivity contribution in [3.8, 4) is 0 Å². The molecule has 5 nitrogen and oxygen atoms in total. The van der Waals surface area contributed by atoms with E-state index in [1.807, 2.05) is 6.92 Å². The van der Waals surface area contributed by atoms with Crippen LogP contribution in [0.3, 0.4) is 0 Å². The molecule has 0 fully saturated rings. The Kier molecular flexibility index (Phi) is 2.48. The Morgan fingerprint density at radius 1 is 1.67 bits per heavy atom. The molecule has 3 rings (SSSR count). The van der Waals surface area contributed by atoms with Gasteiger partial charge >= 0.3 is 5.97 Å². The molecule has 1 unspecified atom stereocenters. The highest BCUT2D eigenvalue weighted by Gasteiger charge is 2.33. The number of aliphatic carboxylic acids is 1. The van der Waals surface area contributed by atoms with Gasteiger partial charge < -0.3 is 5.11 Å². The molecule has 0 saturated heterocycles. The third kappa shape index (κ3) is 1.42. The van der Waals surface area contributed by atoms with Crippen LogP contribution in [0, 0.1) is 0 Å². The lowest BCUT2D eigenvalue weighted by atomic mass is 10.0. The zero-order valence-electron chi connectivity index (χ0n) is 9.84. The molecule has 2 aromatic heterocycles. The molecule has 1 aliphatic rings. The number of carboxylic acids is 1. The lowest BCUT2D eigenvalue weighted by Crippen LogP contribution is -2.20. The standard InChI is InChI=1S/C12H12N2O3S/c1-2-14-5-13-10-9(11(14)15)8-6(12(16)17)3-4-7(8)18-10/h5-6H,2-4H2,1H3,(H,16,17). The van der Waals surface area contributed by atoms with Gasteiger partial charge in [0.05, 0.1) is 17.6 Å². The fourth-order valence-corrected chi connectivity index (χ4v) is 3.75. The SMILES string of the molecule is CCn1cnc2sc3c(c2c1=O)C(C(=O)O)CC3. The minimum absolute atomic E-state index is 0.117. The van der Waals surface area contributed by atoms with Crippen LogP contribution >= 0.6 is 11.3 Å². The summed E-state index contributed by atoms with van der Waals surface area (Å²) < 4.78 is 1.52. The summed E-state index contributed by atoms with van der Waals surface area (Å²) in [4.78, 5) is 29.5. The van der Waals surface area contributed by atoms with E-state index in [2.05, 4.69) is 4.98 Å². The van der Waals surface area contributed by atoms with E-state index in [0.29, 0.717) is 28.7 Å². The smallest absolute Gasteiger partial charge is 0.311 e. The minimum Gasteiger partial charge on any atom is -0.481 e. The number of hydrogen-bond acceptors (Lipinski definition) is 4. The van der Waals surface area contributed by atoms with Crippen LogP contribution in [-0.4, -0.2) is 20.6 Å². The molecule has 6 heteroatoms. The first-order chi connectivity index (χ1) is 8.63. The molecule has 0 aromatic carbocycles. The third-order valence-corrected chi connectivity index (χ3v) is 4.61. The molecule has 0 radical (unpaired) electrons. The number of nitrogens with zero attached hydrogens (tertiary/aromatic N) is 2. The third-order valence-electron chi connectivity index (χ3n) is 3.44. The molecule has 0 bridgehead atoms. The van der Waals surface area contributed by atoms with E-state index in [4.69, 9.17) is 0 Å². The van der Waals surface area contributed by atoms with E-state index in [1.165, 1.54) is 22.2 Å². The van der Waals surface area contributed by atoms with Crippen LogP contribution in [0.1, 0.15) is 29.7 Å². The second-order valence-electron chi connectivity index (χ2n) is 4.38. The van der Waals surface area contributed by atoms with Gasteiger partial charge in [0, 0.05) is 11.4 Å². The van der Waals surface area contributed by atoms with Crippen LogP contribution in [0.5, 0.6) is 0 Å². The molecule has 1 N–H and O–H groups in total. The Labute approximate surface area is 107 Å². The van der Waals surface area contributed by atoms with E-state index >= 15 is 0 Å². The Morgan fingerprint density at radius 3 is 3.11 bits per heavy atom. The van der Waals surface area contributed by atoms with Gasteiger partial charge in [0.15, 0.2) is 0 Å². The molecular formula is C12H12N2O3S. The number of aromatic nitrogens is 2. The molecular weight excluding hydrogens is 252 g/mol. The highest BCUT2D eigenvalue weighted by Crippen LogP contribution is 2.41. The summed E-state index contributed by atoms with van der Waals surface area (Å²) >= 11 is 1.45. The lowest BCUT2D eigenvalue weighted by molar-refractivity contribution is -0.138. The number of thiophene rings is 1. The van der Waals surface area contributed by atoms with E-state index in [1.54, 1.807) is 0 Å². The predicted molar refractivity (Wildman–Crippen MR) is 68.3 cm³/mol. The van der Waals surface area contributed by atoms with E-state index in [-0.39, 0.29) is 5.56 Å². The summed E-state index contributed by atoms with van der Waals surface area (Å²) in [5.41, 5.74) is 0.593. The first kappa shape index (κ1) is 11.4. The maximum atomic E-state index is 12.3. The molecule has 1 atom stereocenters. The number of aryl methyl sites for hydroxylation is 2. The van der Waals surface area contributed by atoms with Crippen molar-refractivity contribution in [1.29, 1.82) is 0 Å². The highest BCUT2D eigenvalue weighted by atomic mass is 32.1. The van der Waals surface area contributed by atoms with Crippen molar-refractivity contribution in [3.05, 3.63) is 27.1 Å². The Bertz CT molecular complexity index is 701. The minimum atomic E-state index is -0.847. The molecule has 94 valence electrons. The van der Waals surface area contributed by atoms with Gasteiger partial charge in [-0.3, -0.25) is 14.2 Å². The van der Waals surface area contributed by atoms with Crippen LogP contribution < -0.4 is 5.56 Å². The summed E-state index contributed by atoms with van der Waals surface area (Å²) in [7, 11) is 0. The van der Waals surface area contributed by atoms with Gasteiger partial charge in [-0.05, 0) is 25.3 Å². The van der Waals surface area contributed by atoms with Gasteiger partial charge in [0.1, 0.15) is 4.83 Å².